The van der Waals surface area contributed by atoms with Gasteiger partial charge in [0.25, 0.3) is 0 Å². The highest BCUT2D eigenvalue weighted by molar-refractivity contribution is 7.17. The SMILES string of the molecule is CN1CCN(C(=O)Cc2cccc3sccc23)[C@@H]2CCCC[C@H]21. The van der Waals surface area contributed by atoms with E-state index >= 15 is 0 Å². The van der Waals surface area contributed by atoms with Crippen LogP contribution in [0.4, 0.5) is 0 Å². The third kappa shape index (κ3) is 2.79. The van der Waals surface area contributed by atoms with Crippen molar-refractivity contribution >= 4 is 27.3 Å². The molecular formula is C19H24N2OS. The summed E-state index contributed by atoms with van der Waals surface area (Å²) in [5.74, 6) is 0.314. The van der Waals surface area contributed by atoms with E-state index in [9.17, 15) is 4.79 Å². The summed E-state index contributed by atoms with van der Waals surface area (Å²) in [6.45, 7) is 1.89. The van der Waals surface area contributed by atoms with Gasteiger partial charge in [-0.05, 0) is 48.4 Å². The largest absolute Gasteiger partial charge is 0.337 e. The van der Waals surface area contributed by atoms with Crippen LogP contribution in [0.3, 0.4) is 0 Å². The summed E-state index contributed by atoms with van der Waals surface area (Å²) in [5.41, 5.74) is 1.18. The Kier molecular flexibility index (Phi) is 4.12. The van der Waals surface area contributed by atoms with E-state index in [4.69, 9.17) is 0 Å². The molecule has 2 fully saturated rings. The molecule has 2 atom stereocenters. The van der Waals surface area contributed by atoms with Crippen molar-refractivity contribution in [1.82, 2.24) is 9.80 Å². The molecular weight excluding hydrogens is 304 g/mol. The van der Waals surface area contributed by atoms with Crippen LogP contribution in [0, 0.1) is 0 Å². The summed E-state index contributed by atoms with van der Waals surface area (Å²) in [5, 5.41) is 3.37. The topological polar surface area (TPSA) is 23.6 Å². The molecule has 1 amide bonds. The van der Waals surface area contributed by atoms with Crippen molar-refractivity contribution in [1.29, 1.82) is 0 Å². The van der Waals surface area contributed by atoms with Crippen LogP contribution in [-0.4, -0.2) is 47.9 Å². The molecule has 2 heterocycles. The molecule has 0 bridgehead atoms. The Morgan fingerprint density at radius 3 is 2.87 bits per heavy atom. The van der Waals surface area contributed by atoms with E-state index in [2.05, 4.69) is 46.5 Å². The Balaban J connectivity index is 1.55. The molecule has 0 N–H and O–H groups in total. The summed E-state index contributed by atoms with van der Waals surface area (Å²) in [7, 11) is 2.22. The smallest absolute Gasteiger partial charge is 0.227 e. The van der Waals surface area contributed by atoms with Gasteiger partial charge in [-0.2, -0.15) is 0 Å². The standard InChI is InChI=1S/C19H24N2OS/c1-20-10-11-21(17-7-3-2-6-16(17)20)19(22)13-14-5-4-8-18-15(14)9-12-23-18/h4-5,8-9,12,16-17H,2-3,6-7,10-11,13H2,1H3/t16-,17-/m1/s1. The van der Waals surface area contributed by atoms with Gasteiger partial charge in [0, 0.05) is 29.9 Å². The lowest BCUT2D eigenvalue weighted by Crippen LogP contribution is -2.61. The number of piperazine rings is 1. The molecule has 1 saturated heterocycles. The van der Waals surface area contributed by atoms with Crippen LogP contribution in [0.1, 0.15) is 31.2 Å². The fourth-order valence-corrected chi connectivity index (χ4v) is 5.19. The van der Waals surface area contributed by atoms with Crippen LogP contribution in [0.25, 0.3) is 10.1 Å². The zero-order chi connectivity index (χ0) is 15.8. The van der Waals surface area contributed by atoms with Crippen molar-refractivity contribution in [3.05, 3.63) is 35.2 Å². The highest BCUT2D eigenvalue weighted by Gasteiger charge is 2.38. The van der Waals surface area contributed by atoms with Gasteiger partial charge in [0.2, 0.25) is 5.91 Å². The average Bonchev–Trinajstić information content (AvgIpc) is 3.05. The number of carbonyl (C=O) groups is 1. The number of rotatable bonds is 2. The van der Waals surface area contributed by atoms with E-state index in [1.807, 2.05) is 0 Å². The molecule has 4 rings (SSSR count). The maximum Gasteiger partial charge on any atom is 0.227 e. The molecule has 4 heteroatoms. The number of fused-ring (bicyclic) bond motifs is 2. The first-order valence-electron chi connectivity index (χ1n) is 8.69. The van der Waals surface area contributed by atoms with E-state index in [0.717, 1.165) is 13.1 Å². The zero-order valence-electron chi connectivity index (χ0n) is 13.7. The third-order valence-corrected chi connectivity index (χ3v) is 6.48. The summed E-state index contributed by atoms with van der Waals surface area (Å²) >= 11 is 1.75. The molecule has 122 valence electrons. The maximum atomic E-state index is 13.0. The minimum Gasteiger partial charge on any atom is -0.337 e. The van der Waals surface area contributed by atoms with Gasteiger partial charge >= 0.3 is 0 Å². The fraction of sp³-hybridized carbons (Fsp3) is 0.526. The van der Waals surface area contributed by atoms with Gasteiger partial charge in [0.15, 0.2) is 0 Å². The first-order chi connectivity index (χ1) is 11.2. The number of likely N-dealkylation sites (N-methyl/N-ethyl adjacent to an activating group) is 1. The van der Waals surface area contributed by atoms with Crippen molar-refractivity contribution in [2.45, 2.75) is 44.2 Å². The summed E-state index contributed by atoms with van der Waals surface area (Å²) in [6, 6.07) is 9.47. The fourth-order valence-electron chi connectivity index (χ4n) is 4.35. The number of amides is 1. The van der Waals surface area contributed by atoms with E-state index < -0.39 is 0 Å². The molecule has 3 nitrogen and oxygen atoms in total. The van der Waals surface area contributed by atoms with Gasteiger partial charge in [0.1, 0.15) is 0 Å². The molecule has 1 aliphatic heterocycles. The first kappa shape index (κ1) is 15.2. The minimum absolute atomic E-state index is 0.314. The normalized spacial score (nSPS) is 25.5. The molecule has 0 unspecified atom stereocenters. The van der Waals surface area contributed by atoms with E-state index in [-0.39, 0.29) is 0 Å². The number of thiophene rings is 1. The highest BCUT2D eigenvalue weighted by atomic mass is 32.1. The third-order valence-electron chi connectivity index (χ3n) is 5.60. The maximum absolute atomic E-state index is 13.0. The summed E-state index contributed by atoms with van der Waals surface area (Å²) in [4.78, 5) is 17.7. The highest BCUT2D eigenvalue weighted by Crippen LogP contribution is 2.31. The lowest BCUT2D eigenvalue weighted by Gasteiger charge is -2.48. The van der Waals surface area contributed by atoms with Crippen molar-refractivity contribution in [3.63, 3.8) is 0 Å². The second-order valence-electron chi connectivity index (χ2n) is 6.91. The van der Waals surface area contributed by atoms with Gasteiger partial charge in [0.05, 0.1) is 6.42 Å². The van der Waals surface area contributed by atoms with Gasteiger partial charge < -0.3 is 4.90 Å². The van der Waals surface area contributed by atoms with Crippen molar-refractivity contribution in [2.24, 2.45) is 0 Å². The van der Waals surface area contributed by atoms with Gasteiger partial charge in [-0.25, -0.2) is 0 Å². The number of hydrogen-bond donors (Lipinski definition) is 0. The second-order valence-corrected chi connectivity index (χ2v) is 7.86. The van der Waals surface area contributed by atoms with Gasteiger partial charge in [-0.1, -0.05) is 25.0 Å². The predicted molar refractivity (Wildman–Crippen MR) is 95.9 cm³/mol. The predicted octanol–water partition coefficient (Wildman–Crippen LogP) is 3.53. The van der Waals surface area contributed by atoms with Crippen LogP contribution in [0.5, 0.6) is 0 Å². The van der Waals surface area contributed by atoms with Crippen LogP contribution in [0.15, 0.2) is 29.6 Å². The summed E-state index contributed by atoms with van der Waals surface area (Å²) in [6.07, 6.45) is 5.52. The lowest BCUT2D eigenvalue weighted by molar-refractivity contribution is -0.138. The van der Waals surface area contributed by atoms with Crippen LogP contribution >= 0.6 is 11.3 Å². The molecule has 1 aromatic carbocycles. The molecule has 1 aliphatic carbocycles. The van der Waals surface area contributed by atoms with Crippen molar-refractivity contribution in [3.8, 4) is 0 Å². The van der Waals surface area contributed by atoms with Crippen LogP contribution < -0.4 is 0 Å². The Bertz CT molecular complexity index is 710. The number of hydrogen-bond acceptors (Lipinski definition) is 3. The molecule has 2 aromatic rings. The van der Waals surface area contributed by atoms with E-state index in [1.165, 1.54) is 41.3 Å². The zero-order valence-corrected chi connectivity index (χ0v) is 14.5. The molecule has 23 heavy (non-hydrogen) atoms. The van der Waals surface area contributed by atoms with E-state index in [1.54, 1.807) is 11.3 Å². The number of carbonyl (C=O) groups excluding carboxylic acids is 1. The quantitative estimate of drug-likeness (QED) is 0.842. The Labute approximate surface area is 141 Å². The molecule has 0 radical (unpaired) electrons. The first-order valence-corrected chi connectivity index (χ1v) is 9.57. The van der Waals surface area contributed by atoms with Crippen LogP contribution in [-0.2, 0) is 11.2 Å². The molecule has 1 saturated carbocycles. The average molecular weight is 328 g/mol. The monoisotopic (exact) mass is 328 g/mol. The van der Waals surface area contributed by atoms with Crippen molar-refractivity contribution in [2.75, 3.05) is 20.1 Å². The molecule has 2 aliphatic rings. The second kappa shape index (κ2) is 6.25. The lowest BCUT2D eigenvalue weighted by atomic mass is 9.86. The molecule has 0 spiro atoms. The van der Waals surface area contributed by atoms with Crippen LogP contribution in [0.2, 0.25) is 0 Å². The van der Waals surface area contributed by atoms with Gasteiger partial charge in [-0.15, -0.1) is 11.3 Å². The number of nitrogens with zero attached hydrogens (tertiary/aromatic N) is 2. The minimum atomic E-state index is 0.314. The summed E-state index contributed by atoms with van der Waals surface area (Å²) < 4.78 is 1.28. The Morgan fingerprint density at radius 2 is 2.00 bits per heavy atom. The van der Waals surface area contributed by atoms with E-state index in [0.29, 0.717) is 24.4 Å². The molecule has 1 aromatic heterocycles. The Morgan fingerprint density at radius 1 is 1.17 bits per heavy atom. The Hall–Kier alpha value is -1.39. The van der Waals surface area contributed by atoms with Gasteiger partial charge in [-0.3, -0.25) is 9.69 Å². The van der Waals surface area contributed by atoms with Crippen molar-refractivity contribution < 1.29 is 4.79 Å². The number of benzene rings is 1.